The molecule has 1 saturated carbocycles. The largest absolute Gasteiger partial charge is 0.361 e. The second-order valence-corrected chi connectivity index (χ2v) is 7.23. The first-order chi connectivity index (χ1) is 11.5. The zero-order valence-electron chi connectivity index (χ0n) is 14.5. The fraction of sp³-hybridized carbons (Fsp3) is 0.579. The molecule has 1 heterocycles. The van der Waals surface area contributed by atoms with Crippen molar-refractivity contribution in [2.45, 2.75) is 51.5 Å². The first-order valence-corrected chi connectivity index (χ1v) is 8.99. The van der Waals surface area contributed by atoms with Gasteiger partial charge in [-0.2, -0.15) is 0 Å². The third-order valence-electron chi connectivity index (χ3n) is 5.32. The Labute approximate surface area is 143 Å². The van der Waals surface area contributed by atoms with Gasteiger partial charge in [-0.25, -0.2) is 4.79 Å². The molecule has 5 nitrogen and oxygen atoms in total. The van der Waals surface area contributed by atoms with Gasteiger partial charge in [-0.3, -0.25) is 10.1 Å². The van der Waals surface area contributed by atoms with Crippen molar-refractivity contribution in [2.75, 3.05) is 18.0 Å². The van der Waals surface area contributed by atoms with E-state index in [9.17, 15) is 9.59 Å². The van der Waals surface area contributed by atoms with E-state index in [0.29, 0.717) is 11.8 Å². The first kappa shape index (κ1) is 16.8. The average Bonchev–Trinajstić information content (AvgIpc) is 2.86. The van der Waals surface area contributed by atoms with Crippen LogP contribution < -0.4 is 15.5 Å². The molecule has 1 aromatic carbocycles. The maximum absolute atomic E-state index is 12.2. The first-order valence-electron chi connectivity index (χ1n) is 8.99. The number of nitrogens with one attached hydrogen (secondary N) is 2. The van der Waals surface area contributed by atoms with Gasteiger partial charge >= 0.3 is 6.03 Å². The van der Waals surface area contributed by atoms with Crippen LogP contribution in [0.5, 0.6) is 0 Å². The van der Waals surface area contributed by atoms with E-state index in [0.717, 1.165) is 31.5 Å². The van der Waals surface area contributed by atoms with E-state index in [1.807, 2.05) is 23.1 Å². The Hall–Kier alpha value is -2.04. The monoisotopic (exact) mass is 329 g/mol. The number of rotatable bonds is 3. The summed E-state index contributed by atoms with van der Waals surface area (Å²) >= 11 is 0. The summed E-state index contributed by atoms with van der Waals surface area (Å²) in [7, 11) is 0. The predicted molar refractivity (Wildman–Crippen MR) is 95.2 cm³/mol. The third-order valence-corrected chi connectivity index (χ3v) is 5.32. The number of fused-ring (bicyclic) bond motifs is 1. The van der Waals surface area contributed by atoms with Crippen LogP contribution in [0.4, 0.5) is 10.5 Å². The van der Waals surface area contributed by atoms with Crippen LogP contribution in [-0.4, -0.2) is 31.1 Å². The fourth-order valence-electron chi connectivity index (χ4n) is 3.94. The number of hydrogen-bond acceptors (Lipinski definition) is 3. The van der Waals surface area contributed by atoms with Crippen LogP contribution in [-0.2, 0) is 4.79 Å². The van der Waals surface area contributed by atoms with Crippen LogP contribution in [0.2, 0.25) is 0 Å². The molecule has 0 radical (unpaired) electrons. The highest BCUT2D eigenvalue weighted by Gasteiger charge is 2.27. The van der Waals surface area contributed by atoms with Crippen LogP contribution in [0.25, 0.3) is 0 Å². The van der Waals surface area contributed by atoms with Crippen LogP contribution >= 0.6 is 0 Å². The normalized spacial score (nSPS) is 25.9. The van der Waals surface area contributed by atoms with Gasteiger partial charge in [0.1, 0.15) is 0 Å². The van der Waals surface area contributed by atoms with Crippen molar-refractivity contribution < 1.29 is 9.59 Å². The van der Waals surface area contributed by atoms with Crippen molar-refractivity contribution in [3.05, 3.63) is 29.8 Å². The smallest absolute Gasteiger partial charge is 0.321 e. The summed E-state index contributed by atoms with van der Waals surface area (Å²) < 4.78 is 0. The number of amides is 3. The Bertz CT molecular complexity index is 616. The van der Waals surface area contributed by atoms with Gasteiger partial charge in [-0.05, 0) is 30.4 Å². The lowest BCUT2D eigenvalue weighted by molar-refractivity contribution is -0.118. The van der Waals surface area contributed by atoms with Crippen molar-refractivity contribution in [3.63, 3.8) is 0 Å². The number of hydrogen-bond donors (Lipinski definition) is 2. The van der Waals surface area contributed by atoms with Crippen molar-refractivity contribution in [3.8, 4) is 0 Å². The standard InChI is InChI=1S/C19H27N3O2/c1-13-7-3-5-9-16(13)20-19(24)21-18(23)12-22-11-14(2)15-8-4-6-10-17(15)22/h4,6,8,10,13-14,16H,3,5,7,9,11-12H2,1-2H3,(H2,20,21,23,24). The number of para-hydroxylation sites is 1. The Morgan fingerprint density at radius 3 is 2.71 bits per heavy atom. The summed E-state index contributed by atoms with van der Waals surface area (Å²) in [6.07, 6.45) is 4.51. The van der Waals surface area contributed by atoms with Crippen LogP contribution in [0.3, 0.4) is 0 Å². The third kappa shape index (κ3) is 3.71. The Kier molecular flexibility index (Phi) is 5.07. The molecule has 24 heavy (non-hydrogen) atoms. The number of carbonyl (C=O) groups excluding carboxylic acids is 2. The molecule has 3 unspecified atom stereocenters. The minimum absolute atomic E-state index is 0.180. The van der Waals surface area contributed by atoms with Crippen LogP contribution in [0, 0.1) is 5.92 Å². The summed E-state index contributed by atoms with van der Waals surface area (Å²) in [6.45, 7) is 5.35. The van der Waals surface area contributed by atoms with E-state index in [1.54, 1.807) is 0 Å². The van der Waals surface area contributed by atoms with Gasteiger partial charge in [0.2, 0.25) is 5.91 Å². The van der Waals surface area contributed by atoms with Gasteiger partial charge < -0.3 is 10.2 Å². The van der Waals surface area contributed by atoms with Crippen LogP contribution in [0.15, 0.2) is 24.3 Å². The molecule has 0 saturated heterocycles. The number of carbonyl (C=O) groups is 2. The summed E-state index contributed by atoms with van der Waals surface area (Å²) in [5, 5.41) is 5.45. The van der Waals surface area contributed by atoms with E-state index in [1.165, 1.54) is 12.0 Å². The van der Waals surface area contributed by atoms with E-state index in [-0.39, 0.29) is 24.5 Å². The zero-order valence-corrected chi connectivity index (χ0v) is 14.5. The Morgan fingerprint density at radius 2 is 1.92 bits per heavy atom. The molecule has 0 aromatic heterocycles. The molecule has 3 atom stereocenters. The highest BCUT2D eigenvalue weighted by molar-refractivity contribution is 5.96. The van der Waals surface area contributed by atoms with E-state index in [4.69, 9.17) is 0 Å². The van der Waals surface area contributed by atoms with Crippen molar-refractivity contribution in [1.82, 2.24) is 10.6 Å². The molecule has 1 fully saturated rings. The summed E-state index contributed by atoms with van der Waals surface area (Å²) in [5.74, 6) is 0.636. The highest BCUT2D eigenvalue weighted by Crippen LogP contribution is 2.35. The molecule has 1 aromatic rings. The fourth-order valence-corrected chi connectivity index (χ4v) is 3.94. The summed E-state index contributed by atoms with van der Waals surface area (Å²) in [6, 6.07) is 7.97. The van der Waals surface area contributed by atoms with Gasteiger partial charge in [0.25, 0.3) is 0 Å². The highest BCUT2D eigenvalue weighted by atomic mass is 16.2. The maximum atomic E-state index is 12.2. The second kappa shape index (κ2) is 7.24. The van der Waals surface area contributed by atoms with E-state index in [2.05, 4.69) is 30.5 Å². The predicted octanol–water partition coefficient (Wildman–Crippen LogP) is 3.01. The van der Waals surface area contributed by atoms with Gasteiger partial charge in [0, 0.05) is 24.2 Å². The van der Waals surface area contributed by atoms with E-state index < -0.39 is 0 Å². The Morgan fingerprint density at radius 1 is 1.17 bits per heavy atom. The number of imide groups is 1. The minimum atomic E-state index is -0.362. The lowest BCUT2D eigenvalue weighted by Gasteiger charge is -2.29. The van der Waals surface area contributed by atoms with Gasteiger partial charge in [0.15, 0.2) is 0 Å². The zero-order chi connectivity index (χ0) is 17.1. The molecular formula is C19H27N3O2. The molecule has 3 amide bonds. The van der Waals surface area contributed by atoms with Crippen molar-refractivity contribution in [2.24, 2.45) is 5.92 Å². The maximum Gasteiger partial charge on any atom is 0.321 e. The molecule has 0 bridgehead atoms. The topological polar surface area (TPSA) is 61.4 Å². The number of benzene rings is 1. The molecule has 1 aliphatic carbocycles. The lowest BCUT2D eigenvalue weighted by Crippen LogP contribution is -2.49. The molecular weight excluding hydrogens is 302 g/mol. The van der Waals surface area contributed by atoms with Crippen LogP contribution in [0.1, 0.15) is 51.0 Å². The summed E-state index contributed by atoms with van der Waals surface area (Å²) in [4.78, 5) is 26.4. The number of urea groups is 1. The lowest BCUT2D eigenvalue weighted by atomic mass is 9.86. The van der Waals surface area contributed by atoms with Gasteiger partial charge in [0.05, 0.1) is 6.54 Å². The number of anilines is 1. The molecule has 1 aliphatic heterocycles. The molecule has 3 rings (SSSR count). The molecule has 2 aliphatic rings. The quantitative estimate of drug-likeness (QED) is 0.896. The molecule has 130 valence electrons. The van der Waals surface area contributed by atoms with E-state index >= 15 is 0 Å². The molecule has 5 heteroatoms. The van der Waals surface area contributed by atoms with Gasteiger partial charge in [-0.15, -0.1) is 0 Å². The van der Waals surface area contributed by atoms with Gasteiger partial charge in [-0.1, -0.05) is 44.9 Å². The second-order valence-electron chi connectivity index (χ2n) is 7.23. The molecule has 0 spiro atoms. The molecule has 2 N–H and O–H groups in total. The average molecular weight is 329 g/mol. The SMILES string of the molecule is CC1CN(CC(=O)NC(=O)NC2CCCCC2C)c2ccccc21. The van der Waals surface area contributed by atoms with Crippen molar-refractivity contribution >= 4 is 17.6 Å². The summed E-state index contributed by atoms with van der Waals surface area (Å²) in [5.41, 5.74) is 2.37. The van der Waals surface area contributed by atoms with Crippen molar-refractivity contribution in [1.29, 1.82) is 0 Å². The minimum Gasteiger partial charge on any atom is -0.361 e. The number of nitrogens with zero attached hydrogens (tertiary/aromatic N) is 1. The Balaban J connectivity index is 1.52.